The number of benzene rings is 2. The lowest BCUT2D eigenvalue weighted by molar-refractivity contribution is 0.488. The minimum absolute atomic E-state index is 0.172. The van der Waals surface area contributed by atoms with Crippen molar-refractivity contribution in [3.8, 4) is 0 Å². The second-order valence-electron chi connectivity index (χ2n) is 7.11. The van der Waals surface area contributed by atoms with Crippen molar-refractivity contribution in [1.82, 2.24) is 23.7 Å². The predicted octanol–water partition coefficient (Wildman–Crippen LogP) is 4.08. The summed E-state index contributed by atoms with van der Waals surface area (Å²) < 4.78 is 9.88. The molecule has 8 nitrogen and oxygen atoms in total. The molecule has 0 radical (unpaired) electrons. The lowest BCUT2D eigenvalue weighted by Crippen LogP contribution is -2.37. The van der Waals surface area contributed by atoms with Gasteiger partial charge >= 0.3 is 5.69 Å². The van der Waals surface area contributed by atoms with E-state index in [1.54, 1.807) is 29.8 Å². The maximum Gasteiger partial charge on any atom is 0.332 e. The highest BCUT2D eigenvalue weighted by atomic mass is 35.5. The van der Waals surface area contributed by atoms with Crippen LogP contribution in [0.2, 0.25) is 10.0 Å². The standard InChI is InChI=1S/C21H15Cl2N5O3S/c1-26-17-16(18(29)27(2)21(26)30)28(10-11-12(22)6-5-7-13(11)23)19(25-17)32-20-24-14-8-3-4-9-15(14)31-20/h3-9H,10H2,1-2H3. The summed E-state index contributed by atoms with van der Waals surface area (Å²) in [6.45, 7) is 0.172. The van der Waals surface area contributed by atoms with Crippen LogP contribution in [0.1, 0.15) is 5.56 Å². The maximum absolute atomic E-state index is 13.1. The third-order valence-electron chi connectivity index (χ3n) is 5.14. The maximum atomic E-state index is 13.1. The highest BCUT2D eigenvalue weighted by Gasteiger charge is 2.23. The number of para-hydroxylation sites is 2. The van der Waals surface area contributed by atoms with E-state index >= 15 is 0 Å². The monoisotopic (exact) mass is 487 g/mol. The zero-order valence-electron chi connectivity index (χ0n) is 16.9. The van der Waals surface area contributed by atoms with E-state index in [1.165, 1.54) is 11.6 Å². The van der Waals surface area contributed by atoms with Crippen LogP contribution in [0, 0.1) is 0 Å². The molecule has 162 valence electrons. The average molecular weight is 488 g/mol. The minimum Gasteiger partial charge on any atom is -0.431 e. The van der Waals surface area contributed by atoms with E-state index < -0.39 is 11.2 Å². The number of aryl methyl sites for hydroxylation is 1. The normalized spacial score (nSPS) is 11.6. The Morgan fingerprint density at radius 2 is 1.69 bits per heavy atom. The van der Waals surface area contributed by atoms with Crippen molar-refractivity contribution in [2.45, 2.75) is 16.9 Å². The molecule has 2 aromatic carbocycles. The molecule has 0 aliphatic rings. The van der Waals surface area contributed by atoms with Crippen LogP contribution in [0.4, 0.5) is 0 Å². The zero-order chi connectivity index (χ0) is 22.6. The number of imidazole rings is 1. The molecular formula is C21H15Cl2N5O3S. The van der Waals surface area contributed by atoms with Crippen LogP contribution in [0.3, 0.4) is 0 Å². The Labute approximate surface area is 195 Å². The highest BCUT2D eigenvalue weighted by Crippen LogP contribution is 2.33. The molecular weight excluding hydrogens is 473 g/mol. The largest absolute Gasteiger partial charge is 0.431 e. The fourth-order valence-corrected chi connectivity index (χ4v) is 4.81. The second-order valence-corrected chi connectivity index (χ2v) is 8.84. The molecule has 0 aliphatic heterocycles. The first kappa shape index (κ1) is 20.9. The lowest BCUT2D eigenvalue weighted by atomic mass is 10.2. The van der Waals surface area contributed by atoms with Gasteiger partial charge in [0.05, 0.1) is 6.54 Å². The fourth-order valence-electron chi connectivity index (χ4n) is 3.47. The Bertz CT molecular complexity index is 1580. The van der Waals surface area contributed by atoms with E-state index in [4.69, 9.17) is 27.6 Å². The van der Waals surface area contributed by atoms with Gasteiger partial charge in [-0.15, -0.1) is 0 Å². The number of rotatable bonds is 4. The quantitative estimate of drug-likeness (QED) is 0.379. The van der Waals surface area contributed by atoms with Gasteiger partial charge in [0.1, 0.15) is 5.52 Å². The van der Waals surface area contributed by atoms with Crippen molar-refractivity contribution in [2.24, 2.45) is 14.1 Å². The van der Waals surface area contributed by atoms with Crippen LogP contribution < -0.4 is 11.2 Å². The van der Waals surface area contributed by atoms with Gasteiger partial charge in [0.15, 0.2) is 21.9 Å². The van der Waals surface area contributed by atoms with E-state index in [1.807, 2.05) is 24.3 Å². The Morgan fingerprint density at radius 3 is 2.41 bits per heavy atom. The second kappa shape index (κ2) is 7.84. The van der Waals surface area contributed by atoms with Crippen molar-refractivity contribution in [1.29, 1.82) is 0 Å². The van der Waals surface area contributed by atoms with Gasteiger partial charge in [0, 0.05) is 41.5 Å². The van der Waals surface area contributed by atoms with Gasteiger partial charge in [-0.3, -0.25) is 13.9 Å². The van der Waals surface area contributed by atoms with Crippen molar-refractivity contribution in [3.63, 3.8) is 0 Å². The van der Waals surface area contributed by atoms with Gasteiger partial charge in [0.2, 0.25) is 0 Å². The topological polar surface area (TPSA) is 87.8 Å². The van der Waals surface area contributed by atoms with Crippen molar-refractivity contribution in [2.75, 3.05) is 0 Å². The zero-order valence-corrected chi connectivity index (χ0v) is 19.2. The van der Waals surface area contributed by atoms with Gasteiger partial charge < -0.3 is 8.98 Å². The number of oxazole rings is 1. The van der Waals surface area contributed by atoms with E-state index in [0.717, 1.165) is 16.3 Å². The summed E-state index contributed by atoms with van der Waals surface area (Å²) in [6, 6.07) is 12.6. The highest BCUT2D eigenvalue weighted by molar-refractivity contribution is 7.99. The summed E-state index contributed by atoms with van der Waals surface area (Å²) in [5.74, 6) is 0. The molecule has 0 spiro atoms. The van der Waals surface area contributed by atoms with E-state index in [0.29, 0.717) is 37.1 Å². The molecule has 0 bridgehead atoms. The Kier molecular flexibility index (Phi) is 5.11. The first-order valence-corrected chi connectivity index (χ1v) is 11.0. The van der Waals surface area contributed by atoms with Crippen molar-refractivity contribution < 1.29 is 4.42 Å². The van der Waals surface area contributed by atoms with Crippen LogP contribution in [0.5, 0.6) is 0 Å². The van der Waals surface area contributed by atoms with Gasteiger partial charge in [-0.1, -0.05) is 41.4 Å². The van der Waals surface area contributed by atoms with Crippen LogP contribution in [0.15, 0.2) is 66.8 Å². The van der Waals surface area contributed by atoms with Crippen LogP contribution in [0.25, 0.3) is 22.3 Å². The SMILES string of the molecule is Cn1c(=O)c2c(nc(Sc3nc4ccccc4o3)n2Cc2c(Cl)cccc2Cl)n(C)c1=O. The Balaban J connectivity index is 1.75. The lowest BCUT2D eigenvalue weighted by Gasteiger charge is -2.11. The molecule has 0 N–H and O–H groups in total. The number of hydrogen-bond donors (Lipinski definition) is 0. The summed E-state index contributed by atoms with van der Waals surface area (Å²) in [6.07, 6.45) is 0. The number of halogens is 2. The van der Waals surface area contributed by atoms with E-state index in [-0.39, 0.29) is 17.7 Å². The molecule has 5 aromatic rings. The number of nitrogens with zero attached hydrogens (tertiary/aromatic N) is 5. The minimum atomic E-state index is -0.471. The first-order chi connectivity index (χ1) is 15.3. The summed E-state index contributed by atoms with van der Waals surface area (Å²) in [5.41, 5.74) is 1.53. The van der Waals surface area contributed by atoms with Crippen LogP contribution >= 0.6 is 35.0 Å². The van der Waals surface area contributed by atoms with Gasteiger partial charge in [-0.2, -0.15) is 0 Å². The fraction of sp³-hybridized carbons (Fsp3) is 0.143. The molecule has 0 saturated carbocycles. The van der Waals surface area contributed by atoms with Gasteiger partial charge in [-0.05, 0) is 24.3 Å². The number of fused-ring (bicyclic) bond motifs is 2. The summed E-state index contributed by atoms with van der Waals surface area (Å²) >= 11 is 13.9. The molecule has 0 fully saturated rings. The molecule has 5 rings (SSSR count). The van der Waals surface area contributed by atoms with E-state index in [9.17, 15) is 9.59 Å². The predicted molar refractivity (Wildman–Crippen MR) is 124 cm³/mol. The molecule has 0 unspecified atom stereocenters. The third kappa shape index (κ3) is 3.33. The Hall–Kier alpha value is -3.01. The smallest absolute Gasteiger partial charge is 0.332 e. The molecule has 32 heavy (non-hydrogen) atoms. The third-order valence-corrected chi connectivity index (χ3v) is 6.70. The number of aromatic nitrogens is 5. The van der Waals surface area contributed by atoms with Gasteiger partial charge in [-0.25, -0.2) is 14.8 Å². The molecule has 0 amide bonds. The summed E-state index contributed by atoms with van der Waals surface area (Å²) in [4.78, 5) is 34.6. The molecule has 0 atom stereocenters. The molecule has 3 aromatic heterocycles. The molecule has 0 aliphatic carbocycles. The summed E-state index contributed by atoms with van der Waals surface area (Å²) in [5, 5.41) is 1.69. The Morgan fingerprint density at radius 1 is 0.969 bits per heavy atom. The van der Waals surface area contributed by atoms with Crippen molar-refractivity contribution >= 4 is 57.2 Å². The van der Waals surface area contributed by atoms with Crippen molar-refractivity contribution in [3.05, 3.63) is 78.9 Å². The van der Waals surface area contributed by atoms with Crippen LogP contribution in [-0.4, -0.2) is 23.7 Å². The van der Waals surface area contributed by atoms with E-state index in [2.05, 4.69) is 9.97 Å². The first-order valence-electron chi connectivity index (χ1n) is 9.47. The summed E-state index contributed by atoms with van der Waals surface area (Å²) in [7, 11) is 3.00. The molecule has 11 heteroatoms. The van der Waals surface area contributed by atoms with Gasteiger partial charge in [0.25, 0.3) is 10.8 Å². The average Bonchev–Trinajstić information content (AvgIpc) is 3.34. The number of hydrogen-bond acceptors (Lipinski definition) is 6. The molecule has 3 heterocycles. The molecule has 0 saturated heterocycles. The van der Waals surface area contributed by atoms with Crippen LogP contribution in [-0.2, 0) is 20.6 Å².